The van der Waals surface area contributed by atoms with Crippen molar-refractivity contribution in [3.8, 4) is 0 Å². The molecule has 0 aromatic heterocycles. The fourth-order valence-electron chi connectivity index (χ4n) is 0.942. The van der Waals surface area contributed by atoms with Crippen LogP contribution in [-0.2, 0) is 0 Å². The molecule has 0 bridgehead atoms. The number of nitro benzene ring substituents is 1. The van der Waals surface area contributed by atoms with E-state index in [4.69, 9.17) is 11.6 Å². The first-order valence-electron chi connectivity index (χ1n) is 3.37. The Kier molecular flexibility index (Phi) is 3.11. The number of nitro groups is 1. The molecule has 1 rings (SSSR count). The van der Waals surface area contributed by atoms with Crippen LogP contribution in [0.1, 0.15) is 0 Å². The van der Waals surface area contributed by atoms with E-state index in [9.17, 15) is 10.1 Å². The molecule has 6 heteroatoms. The molecule has 0 saturated carbocycles. The van der Waals surface area contributed by atoms with Crippen LogP contribution < -0.4 is 5.32 Å². The van der Waals surface area contributed by atoms with Gasteiger partial charge in [-0.15, -0.1) is 0 Å². The van der Waals surface area contributed by atoms with Gasteiger partial charge in [0.25, 0.3) is 0 Å². The standard InChI is InChI=1S/C7H6BrClN2O2/c1-10-6-3-4(8)2-5(9)7(6)11(12)13/h2-3,10H,1H3. The summed E-state index contributed by atoms with van der Waals surface area (Å²) in [4.78, 5) is 10.1. The Morgan fingerprint density at radius 2 is 2.23 bits per heavy atom. The molecule has 0 heterocycles. The summed E-state index contributed by atoms with van der Waals surface area (Å²) in [5.74, 6) is 0. The summed E-state index contributed by atoms with van der Waals surface area (Å²) in [6.45, 7) is 0. The van der Waals surface area contributed by atoms with E-state index in [2.05, 4.69) is 21.2 Å². The Balaban J connectivity index is 3.38. The summed E-state index contributed by atoms with van der Waals surface area (Å²) in [7, 11) is 1.60. The predicted molar refractivity (Wildman–Crippen MR) is 55.4 cm³/mol. The summed E-state index contributed by atoms with van der Waals surface area (Å²) in [6.07, 6.45) is 0. The SMILES string of the molecule is CNc1cc(Br)cc(Cl)c1[N+](=O)[O-]. The minimum Gasteiger partial charge on any atom is -0.382 e. The van der Waals surface area contributed by atoms with Crippen LogP contribution in [0.15, 0.2) is 16.6 Å². The fourth-order valence-corrected chi connectivity index (χ4v) is 1.82. The number of halogens is 2. The molecule has 0 unspecified atom stereocenters. The quantitative estimate of drug-likeness (QED) is 0.660. The lowest BCUT2D eigenvalue weighted by Gasteiger charge is -2.03. The highest BCUT2D eigenvalue weighted by Crippen LogP contribution is 2.35. The average Bonchev–Trinajstić information content (AvgIpc) is 2.01. The van der Waals surface area contributed by atoms with Gasteiger partial charge in [-0.1, -0.05) is 27.5 Å². The van der Waals surface area contributed by atoms with Crippen LogP contribution in [0.3, 0.4) is 0 Å². The van der Waals surface area contributed by atoms with E-state index < -0.39 is 4.92 Å². The Morgan fingerprint density at radius 3 is 2.69 bits per heavy atom. The third-order valence-electron chi connectivity index (χ3n) is 1.48. The van der Waals surface area contributed by atoms with Crippen molar-refractivity contribution in [1.82, 2.24) is 0 Å². The summed E-state index contributed by atoms with van der Waals surface area (Å²) < 4.78 is 0.701. The van der Waals surface area contributed by atoms with Crippen molar-refractivity contribution in [3.05, 3.63) is 31.7 Å². The van der Waals surface area contributed by atoms with Gasteiger partial charge in [0.2, 0.25) is 0 Å². The van der Waals surface area contributed by atoms with Gasteiger partial charge in [0.1, 0.15) is 10.7 Å². The van der Waals surface area contributed by atoms with Crippen molar-refractivity contribution < 1.29 is 4.92 Å². The lowest BCUT2D eigenvalue weighted by molar-refractivity contribution is -0.383. The monoisotopic (exact) mass is 264 g/mol. The van der Waals surface area contributed by atoms with Gasteiger partial charge in [0.05, 0.1) is 4.92 Å². The first-order chi connectivity index (χ1) is 6.06. The number of nitrogens with zero attached hydrogens (tertiary/aromatic N) is 1. The Morgan fingerprint density at radius 1 is 1.62 bits per heavy atom. The molecule has 13 heavy (non-hydrogen) atoms. The van der Waals surface area contributed by atoms with Crippen molar-refractivity contribution in [3.63, 3.8) is 0 Å². The number of rotatable bonds is 2. The summed E-state index contributed by atoms with van der Waals surface area (Å²) >= 11 is 8.89. The van der Waals surface area contributed by atoms with Crippen LogP contribution >= 0.6 is 27.5 Å². The molecule has 0 aliphatic heterocycles. The number of nitrogens with one attached hydrogen (secondary N) is 1. The topological polar surface area (TPSA) is 55.2 Å². The van der Waals surface area contributed by atoms with Crippen molar-refractivity contribution in [2.75, 3.05) is 12.4 Å². The second-order valence-corrected chi connectivity index (χ2v) is 3.61. The minimum absolute atomic E-state index is 0.104. The Bertz CT molecular complexity index is 357. The molecule has 70 valence electrons. The molecule has 0 saturated heterocycles. The molecule has 0 radical (unpaired) electrons. The van der Waals surface area contributed by atoms with Crippen molar-refractivity contribution in [2.45, 2.75) is 0 Å². The van der Waals surface area contributed by atoms with Crippen LogP contribution in [0, 0.1) is 10.1 Å². The molecule has 0 amide bonds. The van der Waals surface area contributed by atoms with Crippen LogP contribution in [0.5, 0.6) is 0 Å². The van der Waals surface area contributed by atoms with E-state index in [0.717, 1.165) is 0 Å². The first kappa shape index (κ1) is 10.3. The molecule has 1 aromatic rings. The second-order valence-electron chi connectivity index (χ2n) is 2.29. The Hall–Kier alpha value is -0.810. The van der Waals surface area contributed by atoms with Crippen LogP contribution in [0.4, 0.5) is 11.4 Å². The van der Waals surface area contributed by atoms with Gasteiger partial charge in [0.15, 0.2) is 0 Å². The molecule has 1 aromatic carbocycles. The van der Waals surface area contributed by atoms with Crippen molar-refractivity contribution in [1.29, 1.82) is 0 Å². The lowest BCUT2D eigenvalue weighted by Crippen LogP contribution is -1.97. The maximum absolute atomic E-state index is 10.6. The molecule has 0 atom stereocenters. The van der Waals surface area contributed by atoms with Gasteiger partial charge < -0.3 is 5.32 Å². The van der Waals surface area contributed by atoms with Gasteiger partial charge in [-0.25, -0.2) is 0 Å². The summed E-state index contributed by atoms with van der Waals surface area (Å²) in [5, 5.41) is 13.4. The highest BCUT2D eigenvalue weighted by molar-refractivity contribution is 9.10. The second kappa shape index (κ2) is 3.93. The molecule has 0 spiro atoms. The van der Waals surface area contributed by atoms with Crippen molar-refractivity contribution >= 4 is 38.9 Å². The number of hydrogen-bond donors (Lipinski definition) is 1. The van der Waals surface area contributed by atoms with Crippen molar-refractivity contribution in [2.24, 2.45) is 0 Å². The van der Waals surface area contributed by atoms with Gasteiger partial charge in [0, 0.05) is 11.5 Å². The summed E-state index contributed by atoms with van der Waals surface area (Å²) in [6, 6.07) is 3.09. The molecular formula is C7H6BrClN2O2. The molecule has 0 fully saturated rings. The fraction of sp³-hybridized carbons (Fsp3) is 0.143. The highest BCUT2D eigenvalue weighted by atomic mass is 79.9. The van der Waals surface area contributed by atoms with E-state index in [0.29, 0.717) is 10.2 Å². The normalized spacial score (nSPS) is 9.77. The maximum Gasteiger partial charge on any atom is 0.310 e. The van der Waals surface area contributed by atoms with E-state index in [1.165, 1.54) is 6.07 Å². The van der Waals surface area contributed by atoms with Crippen LogP contribution in [0.2, 0.25) is 5.02 Å². The van der Waals surface area contributed by atoms with Gasteiger partial charge in [-0.2, -0.15) is 0 Å². The molecule has 0 aliphatic carbocycles. The van der Waals surface area contributed by atoms with Crippen LogP contribution in [-0.4, -0.2) is 12.0 Å². The van der Waals surface area contributed by atoms with Crippen LogP contribution in [0.25, 0.3) is 0 Å². The first-order valence-corrected chi connectivity index (χ1v) is 4.54. The number of anilines is 1. The predicted octanol–water partition coefficient (Wildman–Crippen LogP) is 3.05. The molecule has 0 aliphatic rings. The van der Waals surface area contributed by atoms with E-state index in [1.54, 1.807) is 13.1 Å². The summed E-state index contributed by atoms with van der Waals surface area (Å²) in [5.41, 5.74) is 0.289. The van der Waals surface area contributed by atoms with E-state index >= 15 is 0 Å². The zero-order valence-electron chi connectivity index (χ0n) is 6.67. The lowest BCUT2D eigenvalue weighted by atomic mass is 10.2. The van der Waals surface area contributed by atoms with Gasteiger partial charge in [-0.3, -0.25) is 10.1 Å². The smallest absolute Gasteiger partial charge is 0.310 e. The third kappa shape index (κ3) is 2.10. The molecule has 4 nitrogen and oxygen atoms in total. The largest absolute Gasteiger partial charge is 0.382 e. The maximum atomic E-state index is 10.6. The van der Waals surface area contributed by atoms with Gasteiger partial charge >= 0.3 is 5.69 Å². The Labute approximate surface area is 88.2 Å². The number of benzene rings is 1. The third-order valence-corrected chi connectivity index (χ3v) is 2.23. The zero-order valence-corrected chi connectivity index (χ0v) is 9.02. The zero-order chi connectivity index (χ0) is 10.0. The minimum atomic E-state index is -0.513. The average molecular weight is 265 g/mol. The van der Waals surface area contributed by atoms with E-state index in [-0.39, 0.29) is 10.7 Å². The molecule has 1 N–H and O–H groups in total. The van der Waals surface area contributed by atoms with E-state index in [1.807, 2.05) is 0 Å². The number of hydrogen-bond acceptors (Lipinski definition) is 3. The van der Waals surface area contributed by atoms with Gasteiger partial charge in [-0.05, 0) is 12.1 Å². The molecular weight excluding hydrogens is 259 g/mol. The highest BCUT2D eigenvalue weighted by Gasteiger charge is 2.18.